The van der Waals surface area contributed by atoms with Crippen LogP contribution in [0, 0.1) is 21.8 Å². The highest BCUT2D eigenvalue weighted by atomic mass is 35.5. The zero-order chi connectivity index (χ0) is 23.3. The number of benzene rings is 3. The Labute approximate surface area is 191 Å². The molecule has 0 N–H and O–H groups in total. The number of imide groups is 1. The Kier molecular flexibility index (Phi) is 5.07. The number of hydrogen-bond donors (Lipinski definition) is 0. The van der Waals surface area contributed by atoms with Crippen molar-refractivity contribution in [2.75, 3.05) is 9.96 Å². The number of anilines is 2. The molecule has 3 aromatic rings. The highest BCUT2D eigenvalue weighted by Crippen LogP contribution is 2.47. The van der Waals surface area contributed by atoms with E-state index in [1.807, 2.05) is 0 Å². The van der Waals surface area contributed by atoms with Gasteiger partial charge in [0.2, 0.25) is 5.91 Å². The third-order valence-corrected chi connectivity index (χ3v) is 5.98. The van der Waals surface area contributed by atoms with Crippen LogP contribution in [0.1, 0.15) is 11.6 Å². The van der Waals surface area contributed by atoms with Gasteiger partial charge in [-0.25, -0.2) is 14.4 Å². The van der Waals surface area contributed by atoms with Crippen LogP contribution in [0.2, 0.25) is 5.02 Å². The molecule has 0 aromatic heterocycles. The Bertz CT molecular complexity index is 1250. The van der Waals surface area contributed by atoms with Gasteiger partial charge in [-0.1, -0.05) is 23.7 Å². The fourth-order valence-electron chi connectivity index (χ4n) is 4.20. The average molecular weight is 468 g/mol. The van der Waals surface area contributed by atoms with Gasteiger partial charge in [0.25, 0.3) is 11.6 Å². The Morgan fingerprint density at radius 1 is 0.879 bits per heavy atom. The molecule has 10 heteroatoms. The quantitative estimate of drug-likeness (QED) is 0.320. The first kappa shape index (κ1) is 21.0. The summed E-state index contributed by atoms with van der Waals surface area (Å²) in [4.78, 5) is 44.0. The number of non-ortho nitro benzene ring substituents is 1. The number of halogens is 2. The number of amides is 2. The molecule has 8 nitrogen and oxygen atoms in total. The van der Waals surface area contributed by atoms with Crippen LogP contribution in [0.25, 0.3) is 0 Å². The highest BCUT2D eigenvalue weighted by Gasteiger charge is 2.60. The van der Waals surface area contributed by atoms with Crippen molar-refractivity contribution in [3.63, 3.8) is 0 Å². The van der Waals surface area contributed by atoms with Gasteiger partial charge in [0.15, 0.2) is 6.10 Å². The van der Waals surface area contributed by atoms with E-state index in [1.165, 1.54) is 41.5 Å². The zero-order valence-corrected chi connectivity index (χ0v) is 17.6. The second-order valence-corrected chi connectivity index (χ2v) is 8.07. The lowest BCUT2D eigenvalue weighted by Crippen LogP contribution is -2.37. The van der Waals surface area contributed by atoms with Crippen molar-refractivity contribution in [1.29, 1.82) is 0 Å². The summed E-state index contributed by atoms with van der Waals surface area (Å²) in [5.74, 6) is -2.44. The number of nitro groups is 1. The van der Waals surface area contributed by atoms with Crippen molar-refractivity contribution in [3.8, 4) is 0 Å². The van der Waals surface area contributed by atoms with Crippen LogP contribution in [0.3, 0.4) is 0 Å². The molecule has 33 heavy (non-hydrogen) atoms. The number of hydroxylamine groups is 1. The van der Waals surface area contributed by atoms with E-state index in [0.717, 1.165) is 4.90 Å². The van der Waals surface area contributed by atoms with E-state index in [1.54, 1.807) is 36.4 Å². The van der Waals surface area contributed by atoms with Crippen molar-refractivity contribution in [2.45, 2.75) is 12.1 Å². The predicted octanol–water partition coefficient (Wildman–Crippen LogP) is 4.44. The summed E-state index contributed by atoms with van der Waals surface area (Å²) in [6.45, 7) is 0. The van der Waals surface area contributed by atoms with Gasteiger partial charge >= 0.3 is 0 Å². The number of hydrogen-bond acceptors (Lipinski definition) is 6. The first-order valence-corrected chi connectivity index (χ1v) is 10.3. The van der Waals surface area contributed by atoms with Crippen LogP contribution in [-0.2, 0) is 14.4 Å². The topological polar surface area (TPSA) is 93.0 Å². The maximum absolute atomic E-state index is 13.6. The average Bonchev–Trinajstić information content (AvgIpc) is 3.31. The SMILES string of the molecule is O=C1[C@H]2[C@@H](ON(c3ccc(Cl)cc3)[C@H]2c2ccc(F)cc2)C(=O)N1c1ccc([N+](=O)[O-])cc1. The monoisotopic (exact) mass is 467 g/mol. The molecule has 0 radical (unpaired) electrons. The van der Waals surface area contributed by atoms with Crippen LogP contribution >= 0.6 is 11.6 Å². The Hall–Kier alpha value is -3.82. The minimum Gasteiger partial charge on any atom is -0.273 e. The van der Waals surface area contributed by atoms with E-state index < -0.39 is 40.6 Å². The number of nitro benzene ring substituents is 1. The van der Waals surface area contributed by atoms with Gasteiger partial charge < -0.3 is 0 Å². The van der Waals surface area contributed by atoms with Gasteiger partial charge in [-0.15, -0.1) is 0 Å². The second-order valence-electron chi connectivity index (χ2n) is 7.64. The molecule has 2 saturated heterocycles. The molecule has 0 bridgehead atoms. The first-order valence-electron chi connectivity index (χ1n) is 9.94. The van der Waals surface area contributed by atoms with Crippen LogP contribution in [0.5, 0.6) is 0 Å². The minimum atomic E-state index is -1.11. The van der Waals surface area contributed by atoms with Gasteiger partial charge in [0.1, 0.15) is 11.7 Å². The highest BCUT2D eigenvalue weighted by molar-refractivity contribution is 6.30. The lowest BCUT2D eigenvalue weighted by molar-refractivity contribution is -0.384. The van der Waals surface area contributed by atoms with E-state index in [2.05, 4.69) is 0 Å². The maximum Gasteiger partial charge on any atom is 0.269 e. The van der Waals surface area contributed by atoms with Crippen molar-refractivity contribution in [2.24, 2.45) is 5.92 Å². The molecular formula is C23H15ClFN3O5. The number of rotatable bonds is 4. The zero-order valence-electron chi connectivity index (χ0n) is 16.8. The van der Waals surface area contributed by atoms with Crippen molar-refractivity contribution < 1.29 is 23.7 Å². The molecule has 0 aliphatic carbocycles. The number of carbonyl (C=O) groups is 2. The molecule has 5 rings (SSSR count). The summed E-state index contributed by atoms with van der Waals surface area (Å²) in [7, 11) is 0. The first-order chi connectivity index (χ1) is 15.8. The second kappa shape index (κ2) is 7.95. The molecule has 2 aliphatic rings. The molecule has 166 valence electrons. The maximum atomic E-state index is 13.6. The van der Waals surface area contributed by atoms with Crippen molar-refractivity contribution in [3.05, 3.63) is 99.3 Å². The third-order valence-electron chi connectivity index (χ3n) is 5.73. The van der Waals surface area contributed by atoms with Crippen molar-refractivity contribution in [1.82, 2.24) is 0 Å². The Morgan fingerprint density at radius 2 is 1.48 bits per heavy atom. The number of nitrogens with zero attached hydrogens (tertiary/aromatic N) is 3. The van der Waals surface area contributed by atoms with Crippen LogP contribution in [-0.4, -0.2) is 22.8 Å². The molecular weight excluding hydrogens is 453 g/mol. The lowest BCUT2D eigenvalue weighted by Gasteiger charge is -2.28. The molecule has 3 atom stereocenters. The standard InChI is InChI=1S/C23H15ClFN3O5/c24-14-3-7-17(8-4-14)27-20(13-1-5-15(25)6-2-13)19-21(33-27)23(30)26(22(19)29)16-9-11-18(12-10-16)28(31)32/h1-12,19-21H/t19-,20+,21-/m1/s1. The molecule has 2 aliphatic heterocycles. The van der Waals surface area contributed by atoms with Crippen molar-refractivity contribution >= 4 is 40.5 Å². The smallest absolute Gasteiger partial charge is 0.269 e. The van der Waals surface area contributed by atoms with Gasteiger partial charge in [-0.2, -0.15) is 0 Å². The van der Waals surface area contributed by atoms with E-state index >= 15 is 0 Å². The van der Waals surface area contributed by atoms with E-state index in [-0.39, 0.29) is 11.4 Å². The molecule has 3 aromatic carbocycles. The van der Waals surface area contributed by atoms with E-state index in [4.69, 9.17) is 16.4 Å². The summed E-state index contributed by atoms with van der Waals surface area (Å²) >= 11 is 5.99. The Balaban J connectivity index is 1.55. The number of fused-ring (bicyclic) bond motifs is 1. The summed E-state index contributed by atoms with van der Waals surface area (Å²) in [6, 6.07) is 16.8. The molecule has 2 amide bonds. The van der Waals surface area contributed by atoms with E-state index in [0.29, 0.717) is 16.3 Å². The molecule has 0 spiro atoms. The van der Waals surface area contributed by atoms with Crippen LogP contribution in [0.4, 0.5) is 21.5 Å². The molecule has 2 heterocycles. The fraction of sp³-hybridized carbons (Fsp3) is 0.130. The summed E-state index contributed by atoms with van der Waals surface area (Å²) in [5.41, 5.74) is 1.22. The number of carbonyl (C=O) groups excluding carboxylic acids is 2. The molecule has 0 saturated carbocycles. The largest absolute Gasteiger partial charge is 0.273 e. The van der Waals surface area contributed by atoms with E-state index in [9.17, 15) is 24.1 Å². The summed E-state index contributed by atoms with van der Waals surface area (Å²) in [5, 5.41) is 12.9. The lowest BCUT2D eigenvalue weighted by atomic mass is 9.90. The molecule has 2 fully saturated rings. The fourth-order valence-corrected chi connectivity index (χ4v) is 4.33. The predicted molar refractivity (Wildman–Crippen MR) is 117 cm³/mol. The Morgan fingerprint density at radius 3 is 2.09 bits per heavy atom. The minimum absolute atomic E-state index is 0.160. The van der Waals surface area contributed by atoms with Gasteiger partial charge in [0.05, 0.1) is 22.3 Å². The van der Waals surface area contributed by atoms with Crippen LogP contribution < -0.4 is 9.96 Å². The summed E-state index contributed by atoms with van der Waals surface area (Å²) in [6.07, 6.45) is -1.11. The third kappa shape index (κ3) is 3.51. The van der Waals surface area contributed by atoms with Crippen LogP contribution in [0.15, 0.2) is 72.8 Å². The van der Waals surface area contributed by atoms with Gasteiger partial charge in [-0.3, -0.25) is 24.5 Å². The normalized spacial score (nSPS) is 22.1. The van der Waals surface area contributed by atoms with Gasteiger partial charge in [0, 0.05) is 17.2 Å². The van der Waals surface area contributed by atoms with Gasteiger partial charge in [-0.05, 0) is 54.1 Å². The summed E-state index contributed by atoms with van der Waals surface area (Å²) < 4.78 is 13.6. The molecule has 0 unspecified atom stereocenters.